The van der Waals surface area contributed by atoms with Crippen molar-refractivity contribution < 1.29 is 4.74 Å². The Labute approximate surface area is 111 Å². The number of anilines is 1. The molecule has 0 unspecified atom stereocenters. The van der Waals surface area contributed by atoms with E-state index in [9.17, 15) is 0 Å². The molecule has 5 heteroatoms. The number of halogens is 1. The molecular weight excluding hydrogens is 250 g/mol. The third-order valence-electron chi connectivity index (χ3n) is 2.22. The van der Waals surface area contributed by atoms with E-state index >= 15 is 0 Å². The number of benzene rings is 1. The van der Waals surface area contributed by atoms with Crippen molar-refractivity contribution in [2.24, 2.45) is 0 Å². The minimum atomic E-state index is 0.421. The number of nitrogens with zero attached hydrogens (tertiary/aromatic N) is 2. The molecule has 1 heterocycles. The van der Waals surface area contributed by atoms with E-state index in [-0.39, 0.29) is 0 Å². The number of nitrogens with one attached hydrogen (secondary N) is 1. The number of rotatable bonds is 5. The van der Waals surface area contributed by atoms with Crippen LogP contribution in [0, 0.1) is 0 Å². The minimum absolute atomic E-state index is 0.421. The molecule has 0 amide bonds. The van der Waals surface area contributed by atoms with Crippen molar-refractivity contribution in [3.8, 4) is 11.6 Å². The molecule has 4 nitrogen and oxygen atoms in total. The number of hydrogen-bond donors (Lipinski definition) is 1. The summed E-state index contributed by atoms with van der Waals surface area (Å²) < 4.78 is 5.58. The average molecular weight is 264 g/mol. The Balaban J connectivity index is 2.12. The van der Waals surface area contributed by atoms with Crippen LogP contribution in [0.4, 0.5) is 5.82 Å². The molecule has 2 rings (SSSR count). The molecule has 1 aromatic carbocycles. The summed E-state index contributed by atoms with van der Waals surface area (Å²) in [6, 6.07) is 7.26. The summed E-state index contributed by atoms with van der Waals surface area (Å²) in [5.41, 5.74) is 0. The highest BCUT2D eigenvalue weighted by atomic mass is 35.5. The first-order valence-corrected chi connectivity index (χ1v) is 6.15. The van der Waals surface area contributed by atoms with E-state index in [2.05, 4.69) is 22.2 Å². The largest absolute Gasteiger partial charge is 0.436 e. The predicted octanol–water partition coefficient (Wildman–Crippen LogP) is 3.74. The summed E-state index contributed by atoms with van der Waals surface area (Å²) in [6.45, 7) is 2.94. The van der Waals surface area contributed by atoms with Crippen LogP contribution in [0.5, 0.6) is 11.6 Å². The maximum absolute atomic E-state index is 6.01. The fraction of sp³-hybridized carbons (Fsp3) is 0.231. The van der Waals surface area contributed by atoms with Gasteiger partial charge in [-0.25, -0.2) is 0 Å². The Bertz CT molecular complexity index is 519. The van der Waals surface area contributed by atoms with Crippen molar-refractivity contribution in [1.82, 2.24) is 9.97 Å². The van der Waals surface area contributed by atoms with Crippen LogP contribution in [0.1, 0.15) is 13.3 Å². The third-order valence-corrected chi connectivity index (χ3v) is 2.53. The number of aromatic nitrogens is 2. The van der Waals surface area contributed by atoms with Gasteiger partial charge in [-0.3, -0.25) is 4.98 Å². The molecule has 0 aliphatic rings. The molecule has 1 aromatic heterocycles. The Morgan fingerprint density at radius 1 is 1.28 bits per heavy atom. The molecule has 2 aromatic rings. The van der Waals surface area contributed by atoms with Crippen molar-refractivity contribution in [2.45, 2.75) is 13.3 Å². The lowest BCUT2D eigenvalue weighted by Gasteiger charge is -2.08. The van der Waals surface area contributed by atoms with Gasteiger partial charge in [0.1, 0.15) is 11.6 Å². The zero-order chi connectivity index (χ0) is 12.8. The maximum Gasteiger partial charge on any atom is 0.239 e. The lowest BCUT2D eigenvalue weighted by atomic mass is 10.3. The maximum atomic E-state index is 6.01. The van der Waals surface area contributed by atoms with E-state index < -0.39 is 0 Å². The van der Waals surface area contributed by atoms with Gasteiger partial charge in [0.2, 0.25) is 5.88 Å². The van der Waals surface area contributed by atoms with Gasteiger partial charge >= 0.3 is 0 Å². The van der Waals surface area contributed by atoms with E-state index in [0.717, 1.165) is 13.0 Å². The molecule has 18 heavy (non-hydrogen) atoms. The summed E-state index contributed by atoms with van der Waals surface area (Å²) in [5, 5.41) is 3.70. The highest BCUT2D eigenvalue weighted by Crippen LogP contribution is 2.27. The first-order chi connectivity index (χ1) is 8.79. The zero-order valence-corrected chi connectivity index (χ0v) is 10.8. The summed E-state index contributed by atoms with van der Waals surface area (Å²) >= 11 is 6.01. The summed E-state index contributed by atoms with van der Waals surface area (Å²) in [5.74, 6) is 1.69. The Hall–Kier alpha value is -1.81. The highest BCUT2D eigenvalue weighted by molar-refractivity contribution is 6.32. The highest BCUT2D eigenvalue weighted by Gasteiger charge is 2.04. The fourth-order valence-corrected chi connectivity index (χ4v) is 1.55. The van der Waals surface area contributed by atoms with E-state index in [0.29, 0.717) is 22.5 Å². The lowest BCUT2D eigenvalue weighted by molar-refractivity contribution is 0.461. The summed E-state index contributed by atoms with van der Waals surface area (Å²) in [6.07, 6.45) is 4.24. The van der Waals surface area contributed by atoms with Crippen molar-refractivity contribution in [3.05, 3.63) is 41.7 Å². The summed E-state index contributed by atoms with van der Waals surface area (Å²) in [7, 11) is 0. The van der Waals surface area contributed by atoms with Gasteiger partial charge in [-0.15, -0.1) is 0 Å². The predicted molar refractivity (Wildman–Crippen MR) is 72.3 cm³/mol. The van der Waals surface area contributed by atoms with Crippen LogP contribution < -0.4 is 10.1 Å². The minimum Gasteiger partial charge on any atom is -0.436 e. The number of ether oxygens (including phenoxy) is 1. The van der Waals surface area contributed by atoms with Crippen molar-refractivity contribution in [1.29, 1.82) is 0 Å². The molecule has 0 aliphatic carbocycles. The molecule has 0 radical (unpaired) electrons. The molecule has 0 spiro atoms. The van der Waals surface area contributed by atoms with Gasteiger partial charge in [0.15, 0.2) is 0 Å². The zero-order valence-electron chi connectivity index (χ0n) is 10.1. The number of hydrogen-bond acceptors (Lipinski definition) is 4. The smallest absolute Gasteiger partial charge is 0.239 e. The molecule has 0 atom stereocenters. The Morgan fingerprint density at radius 2 is 2.11 bits per heavy atom. The van der Waals surface area contributed by atoms with Gasteiger partial charge in [-0.1, -0.05) is 30.7 Å². The Morgan fingerprint density at radius 3 is 2.89 bits per heavy atom. The molecule has 94 valence electrons. The summed E-state index contributed by atoms with van der Waals surface area (Å²) in [4.78, 5) is 8.36. The average Bonchev–Trinajstić information content (AvgIpc) is 2.40. The molecule has 1 N–H and O–H groups in total. The lowest BCUT2D eigenvalue weighted by Crippen LogP contribution is -2.03. The van der Waals surface area contributed by atoms with Gasteiger partial charge in [0, 0.05) is 6.54 Å². The van der Waals surface area contributed by atoms with E-state index in [1.54, 1.807) is 24.5 Å². The quantitative estimate of drug-likeness (QED) is 0.893. The SMILES string of the molecule is CCCNc1cncc(Oc2ccccc2Cl)n1. The van der Waals surface area contributed by atoms with Crippen molar-refractivity contribution in [3.63, 3.8) is 0 Å². The first-order valence-electron chi connectivity index (χ1n) is 5.78. The van der Waals surface area contributed by atoms with E-state index in [1.807, 2.05) is 12.1 Å². The molecule has 0 saturated heterocycles. The van der Waals surface area contributed by atoms with Crippen molar-refractivity contribution >= 4 is 17.4 Å². The Kier molecular flexibility index (Phi) is 4.36. The van der Waals surface area contributed by atoms with Crippen LogP contribution in [0.3, 0.4) is 0 Å². The van der Waals surface area contributed by atoms with Crippen LogP contribution in [0.25, 0.3) is 0 Å². The van der Waals surface area contributed by atoms with Crippen LogP contribution in [0.15, 0.2) is 36.7 Å². The monoisotopic (exact) mass is 263 g/mol. The topological polar surface area (TPSA) is 47.0 Å². The van der Waals surface area contributed by atoms with Crippen molar-refractivity contribution in [2.75, 3.05) is 11.9 Å². The molecule has 0 bridgehead atoms. The van der Waals surface area contributed by atoms with E-state index in [1.165, 1.54) is 0 Å². The second-order valence-electron chi connectivity index (χ2n) is 3.70. The normalized spacial score (nSPS) is 10.1. The molecule has 0 aliphatic heterocycles. The fourth-order valence-electron chi connectivity index (χ4n) is 1.38. The molecule has 0 fully saturated rings. The van der Waals surface area contributed by atoms with Gasteiger partial charge in [-0.05, 0) is 18.6 Å². The molecule has 0 saturated carbocycles. The van der Waals surface area contributed by atoms with Crippen LogP contribution in [-0.2, 0) is 0 Å². The van der Waals surface area contributed by atoms with Gasteiger partial charge in [0.05, 0.1) is 17.4 Å². The van der Waals surface area contributed by atoms with Crippen LogP contribution in [0.2, 0.25) is 5.02 Å². The van der Waals surface area contributed by atoms with Gasteiger partial charge in [-0.2, -0.15) is 4.98 Å². The van der Waals surface area contributed by atoms with Gasteiger partial charge in [0.25, 0.3) is 0 Å². The standard InChI is InChI=1S/C13H14ClN3O/c1-2-7-16-12-8-15-9-13(17-12)18-11-6-4-3-5-10(11)14/h3-6,8-9H,2,7H2,1H3,(H,16,17). The third kappa shape index (κ3) is 3.34. The first kappa shape index (κ1) is 12.6. The molecular formula is C13H14ClN3O. The van der Waals surface area contributed by atoms with E-state index in [4.69, 9.17) is 16.3 Å². The number of para-hydroxylation sites is 1. The van der Waals surface area contributed by atoms with Crippen LogP contribution >= 0.6 is 11.6 Å². The second kappa shape index (κ2) is 6.21. The second-order valence-corrected chi connectivity index (χ2v) is 4.11. The van der Waals surface area contributed by atoms with Gasteiger partial charge < -0.3 is 10.1 Å². The van der Waals surface area contributed by atoms with Crippen LogP contribution in [-0.4, -0.2) is 16.5 Å².